The summed E-state index contributed by atoms with van der Waals surface area (Å²) in [5.41, 5.74) is 0. The number of hydrogen-bond donors (Lipinski definition) is 2. The van der Waals surface area contributed by atoms with E-state index in [2.05, 4.69) is 17.9 Å². The largest absolute Gasteiger partial charge is 0.356 e. The van der Waals surface area contributed by atoms with E-state index in [-0.39, 0.29) is 5.91 Å². The van der Waals surface area contributed by atoms with Crippen molar-refractivity contribution in [2.75, 3.05) is 12.3 Å². The number of thiophene rings is 1. The summed E-state index contributed by atoms with van der Waals surface area (Å²) in [6.07, 6.45) is 1.32. The number of hydrogen-bond acceptors (Lipinski definition) is 3. The van der Waals surface area contributed by atoms with Crippen LogP contribution < -0.4 is 5.32 Å². The monoisotopic (exact) mass is 249 g/mol. The lowest BCUT2D eigenvalue weighted by Crippen LogP contribution is -2.25. The minimum Gasteiger partial charge on any atom is -0.356 e. The van der Waals surface area contributed by atoms with Gasteiger partial charge >= 0.3 is 0 Å². The molecule has 1 aromatic rings. The molecule has 0 radical (unpaired) electrons. The molecule has 0 atom stereocenters. The van der Waals surface area contributed by atoms with Gasteiger partial charge in [0.05, 0.1) is 4.34 Å². The lowest BCUT2D eigenvalue weighted by Gasteiger charge is -2.01. The van der Waals surface area contributed by atoms with Crippen molar-refractivity contribution in [1.82, 2.24) is 5.32 Å². The summed E-state index contributed by atoms with van der Waals surface area (Å²) in [5, 5.41) is 2.82. The van der Waals surface area contributed by atoms with Crippen LogP contribution in [0.2, 0.25) is 4.34 Å². The number of carbonyl (C=O) groups is 1. The minimum atomic E-state index is 0.0580. The Kier molecular flexibility index (Phi) is 5.37. The molecule has 0 saturated carbocycles. The van der Waals surface area contributed by atoms with Gasteiger partial charge in [-0.1, -0.05) is 11.6 Å². The van der Waals surface area contributed by atoms with Crippen molar-refractivity contribution < 1.29 is 4.79 Å². The third kappa shape index (κ3) is 4.35. The number of rotatable bonds is 5. The molecule has 0 aromatic carbocycles. The fourth-order valence-corrected chi connectivity index (χ4v) is 2.29. The van der Waals surface area contributed by atoms with Gasteiger partial charge in [0.15, 0.2) is 0 Å². The van der Waals surface area contributed by atoms with Gasteiger partial charge in [0.1, 0.15) is 0 Å². The van der Waals surface area contributed by atoms with Crippen molar-refractivity contribution in [3.8, 4) is 0 Å². The predicted molar refractivity (Wildman–Crippen MR) is 64.5 cm³/mol. The first-order valence-electron chi connectivity index (χ1n) is 4.34. The highest BCUT2D eigenvalue weighted by atomic mass is 35.5. The molecule has 1 amide bonds. The highest BCUT2D eigenvalue weighted by Crippen LogP contribution is 2.21. The SMILES string of the molecule is O=C(CCS)NCCc1ccc(Cl)s1. The zero-order valence-corrected chi connectivity index (χ0v) is 10.1. The summed E-state index contributed by atoms with van der Waals surface area (Å²) in [4.78, 5) is 12.3. The summed E-state index contributed by atoms with van der Waals surface area (Å²) in [6, 6.07) is 3.86. The Labute approximate surface area is 98.1 Å². The fraction of sp³-hybridized carbons (Fsp3) is 0.444. The van der Waals surface area contributed by atoms with Crippen molar-refractivity contribution in [1.29, 1.82) is 0 Å². The summed E-state index contributed by atoms with van der Waals surface area (Å²) in [7, 11) is 0. The third-order valence-corrected chi connectivity index (χ3v) is 3.18. The van der Waals surface area contributed by atoms with Gasteiger partial charge in [0, 0.05) is 17.8 Å². The Morgan fingerprint density at radius 1 is 1.57 bits per heavy atom. The molecule has 78 valence electrons. The lowest BCUT2D eigenvalue weighted by atomic mass is 10.3. The van der Waals surface area contributed by atoms with Gasteiger partial charge in [-0.3, -0.25) is 4.79 Å². The Balaban J connectivity index is 2.18. The fourth-order valence-electron chi connectivity index (χ4n) is 1.00. The van der Waals surface area contributed by atoms with Gasteiger partial charge in [-0.15, -0.1) is 11.3 Å². The highest BCUT2D eigenvalue weighted by molar-refractivity contribution is 7.80. The second kappa shape index (κ2) is 6.32. The van der Waals surface area contributed by atoms with Crippen molar-refractivity contribution >= 4 is 41.5 Å². The summed E-state index contributed by atoms with van der Waals surface area (Å²) in [6.45, 7) is 0.670. The van der Waals surface area contributed by atoms with Gasteiger partial charge in [0.2, 0.25) is 5.91 Å². The van der Waals surface area contributed by atoms with Crippen LogP contribution in [0, 0.1) is 0 Å². The molecule has 0 aliphatic carbocycles. The number of nitrogens with one attached hydrogen (secondary N) is 1. The average Bonchev–Trinajstić information content (AvgIpc) is 2.52. The summed E-state index contributed by atoms with van der Waals surface area (Å²) < 4.78 is 0.793. The third-order valence-electron chi connectivity index (χ3n) is 1.66. The van der Waals surface area contributed by atoms with Crippen LogP contribution in [0.15, 0.2) is 12.1 Å². The molecule has 0 spiro atoms. The van der Waals surface area contributed by atoms with Crippen LogP contribution in [-0.2, 0) is 11.2 Å². The van der Waals surface area contributed by atoms with E-state index < -0.39 is 0 Å². The van der Waals surface area contributed by atoms with E-state index in [0.29, 0.717) is 18.7 Å². The second-order valence-electron chi connectivity index (χ2n) is 2.78. The molecule has 1 aromatic heterocycles. The molecule has 1 heterocycles. The van der Waals surface area contributed by atoms with E-state index in [1.165, 1.54) is 4.88 Å². The number of thiol groups is 1. The molecule has 1 N–H and O–H groups in total. The summed E-state index contributed by atoms with van der Waals surface area (Å²) in [5.74, 6) is 0.652. The van der Waals surface area contributed by atoms with Crippen LogP contribution in [-0.4, -0.2) is 18.2 Å². The molecular weight excluding hydrogens is 238 g/mol. The molecule has 14 heavy (non-hydrogen) atoms. The van der Waals surface area contributed by atoms with Crippen LogP contribution in [0.1, 0.15) is 11.3 Å². The zero-order valence-electron chi connectivity index (χ0n) is 7.62. The van der Waals surface area contributed by atoms with Crippen molar-refractivity contribution in [2.24, 2.45) is 0 Å². The van der Waals surface area contributed by atoms with Crippen LogP contribution >= 0.6 is 35.6 Å². The molecule has 0 bridgehead atoms. The van der Waals surface area contributed by atoms with Crippen LogP contribution in [0.5, 0.6) is 0 Å². The van der Waals surface area contributed by atoms with E-state index in [1.54, 1.807) is 11.3 Å². The van der Waals surface area contributed by atoms with Gasteiger partial charge in [-0.2, -0.15) is 12.6 Å². The average molecular weight is 250 g/mol. The molecule has 0 saturated heterocycles. The van der Waals surface area contributed by atoms with Crippen LogP contribution in [0.3, 0.4) is 0 Å². The first-order chi connectivity index (χ1) is 6.72. The van der Waals surface area contributed by atoms with Crippen LogP contribution in [0.4, 0.5) is 0 Å². The topological polar surface area (TPSA) is 29.1 Å². The Morgan fingerprint density at radius 3 is 2.93 bits per heavy atom. The number of halogens is 1. The zero-order chi connectivity index (χ0) is 10.4. The maximum atomic E-state index is 11.1. The molecular formula is C9H12ClNOS2. The molecule has 1 rings (SSSR count). The van der Waals surface area contributed by atoms with Crippen molar-refractivity contribution in [3.63, 3.8) is 0 Å². The second-order valence-corrected chi connectivity index (χ2v) is 5.03. The molecule has 0 fully saturated rings. The first-order valence-corrected chi connectivity index (χ1v) is 6.17. The van der Waals surface area contributed by atoms with Crippen LogP contribution in [0.25, 0.3) is 0 Å². The Morgan fingerprint density at radius 2 is 2.36 bits per heavy atom. The van der Waals surface area contributed by atoms with Gasteiger partial charge < -0.3 is 5.32 Å². The molecule has 0 aliphatic rings. The lowest BCUT2D eigenvalue weighted by molar-refractivity contribution is -0.120. The summed E-state index contributed by atoms with van der Waals surface area (Å²) >= 11 is 11.3. The van der Waals surface area contributed by atoms with Crippen molar-refractivity contribution in [2.45, 2.75) is 12.8 Å². The number of carbonyl (C=O) groups excluding carboxylic acids is 1. The molecule has 2 nitrogen and oxygen atoms in total. The van der Waals surface area contributed by atoms with Gasteiger partial charge in [-0.05, 0) is 24.3 Å². The Bertz CT molecular complexity index is 301. The minimum absolute atomic E-state index is 0.0580. The molecule has 0 unspecified atom stereocenters. The van der Waals surface area contributed by atoms with E-state index >= 15 is 0 Å². The van der Waals surface area contributed by atoms with E-state index in [9.17, 15) is 4.79 Å². The van der Waals surface area contributed by atoms with E-state index in [0.717, 1.165) is 10.8 Å². The van der Waals surface area contributed by atoms with Gasteiger partial charge in [-0.25, -0.2) is 0 Å². The molecule has 0 aliphatic heterocycles. The van der Waals surface area contributed by atoms with E-state index in [4.69, 9.17) is 11.6 Å². The first kappa shape index (κ1) is 11.9. The Hall–Kier alpha value is -0.190. The standard InChI is InChI=1S/C9H12ClNOS2/c10-8-2-1-7(14-8)3-5-11-9(12)4-6-13/h1-2,13H,3-6H2,(H,11,12). The quantitative estimate of drug-likeness (QED) is 0.771. The number of amides is 1. The van der Waals surface area contributed by atoms with Gasteiger partial charge in [0.25, 0.3) is 0 Å². The smallest absolute Gasteiger partial charge is 0.220 e. The maximum absolute atomic E-state index is 11.1. The van der Waals surface area contributed by atoms with Crippen molar-refractivity contribution in [3.05, 3.63) is 21.3 Å². The maximum Gasteiger partial charge on any atom is 0.220 e. The predicted octanol–water partition coefficient (Wildman–Crippen LogP) is 2.38. The molecule has 5 heteroatoms. The highest BCUT2D eigenvalue weighted by Gasteiger charge is 2.00. The normalized spacial score (nSPS) is 10.1. The van der Waals surface area contributed by atoms with E-state index in [1.807, 2.05) is 12.1 Å².